The minimum atomic E-state index is -0.135. The van der Waals surface area contributed by atoms with Crippen LogP contribution in [0.2, 0.25) is 0 Å². The molecule has 0 amide bonds. The molecule has 4 heterocycles. The summed E-state index contributed by atoms with van der Waals surface area (Å²) in [5.74, 6) is 0. The number of nitrogens with zero attached hydrogens (tertiary/aromatic N) is 7. The zero-order valence-electron chi connectivity index (χ0n) is 14.4. The molecule has 4 aromatic rings. The summed E-state index contributed by atoms with van der Waals surface area (Å²) in [6.45, 7) is -0.135. The highest BCUT2D eigenvalue weighted by atomic mass is 16.3. The predicted octanol–water partition coefficient (Wildman–Crippen LogP) is 2.21. The van der Waals surface area contributed by atoms with E-state index in [-0.39, 0.29) is 6.61 Å². The van der Waals surface area contributed by atoms with E-state index in [9.17, 15) is 5.11 Å². The Labute approximate surface area is 149 Å². The smallest absolute Gasteiger partial charge is 0.0999 e. The molecule has 0 bridgehead atoms. The van der Waals surface area contributed by atoms with Crippen LogP contribution in [0.4, 0.5) is 0 Å². The summed E-state index contributed by atoms with van der Waals surface area (Å²) >= 11 is 0. The first-order chi connectivity index (χ1) is 12.7. The Morgan fingerprint density at radius 2 is 2.08 bits per heavy atom. The van der Waals surface area contributed by atoms with Crippen LogP contribution in [0.25, 0.3) is 28.0 Å². The average Bonchev–Trinajstić information content (AvgIpc) is 3.30. The summed E-state index contributed by atoms with van der Waals surface area (Å²) in [7, 11) is 1.83. The van der Waals surface area contributed by atoms with Crippen molar-refractivity contribution in [1.29, 1.82) is 0 Å². The molecule has 0 aromatic carbocycles. The molecule has 0 radical (unpaired) electrons. The third kappa shape index (κ3) is 2.33. The molecule has 1 fully saturated rings. The van der Waals surface area contributed by atoms with Gasteiger partial charge in [-0.25, -0.2) is 9.50 Å². The first-order valence-electron chi connectivity index (χ1n) is 8.75. The summed E-state index contributed by atoms with van der Waals surface area (Å²) < 4.78 is 5.54. The van der Waals surface area contributed by atoms with Crippen LogP contribution < -0.4 is 0 Å². The fraction of sp³-hybridized carbons (Fsp3) is 0.333. The molecule has 4 aromatic heterocycles. The van der Waals surface area contributed by atoms with Gasteiger partial charge < -0.3 is 5.11 Å². The van der Waals surface area contributed by atoms with Crippen molar-refractivity contribution in [3.63, 3.8) is 0 Å². The number of aryl methyl sites for hydroxylation is 1. The van der Waals surface area contributed by atoms with E-state index < -0.39 is 0 Å². The topological polar surface area (TPSA) is 86.1 Å². The Hall–Kier alpha value is -3.00. The van der Waals surface area contributed by atoms with Crippen LogP contribution in [0.1, 0.15) is 31.0 Å². The summed E-state index contributed by atoms with van der Waals surface area (Å²) in [6.07, 6.45) is 13.1. The van der Waals surface area contributed by atoms with Gasteiger partial charge in [-0.3, -0.25) is 9.36 Å². The second-order valence-electron chi connectivity index (χ2n) is 6.75. The molecule has 1 aliphatic rings. The van der Waals surface area contributed by atoms with Gasteiger partial charge in [-0.2, -0.15) is 15.3 Å². The molecule has 0 atom stereocenters. The number of rotatable bonds is 4. The van der Waals surface area contributed by atoms with Crippen LogP contribution in [-0.2, 0) is 13.7 Å². The van der Waals surface area contributed by atoms with Gasteiger partial charge in [-0.1, -0.05) is 0 Å². The van der Waals surface area contributed by atoms with Crippen molar-refractivity contribution in [2.24, 2.45) is 7.05 Å². The minimum absolute atomic E-state index is 0.135. The minimum Gasteiger partial charge on any atom is -0.390 e. The fourth-order valence-corrected chi connectivity index (χ4v) is 3.45. The quantitative estimate of drug-likeness (QED) is 0.610. The lowest BCUT2D eigenvalue weighted by Crippen LogP contribution is -2.16. The molecular formula is C18H19N7O. The van der Waals surface area contributed by atoms with Crippen molar-refractivity contribution in [2.45, 2.75) is 31.9 Å². The molecule has 1 aliphatic carbocycles. The van der Waals surface area contributed by atoms with Crippen LogP contribution in [0.3, 0.4) is 0 Å². The van der Waals surface area contributed by atoms with Gasteiger partial charge in [0, 0.05) is 30.6 Å². The lowest BCUT2D eigenvalue weighted by atomic mass is 9.93. The molecule has 0 saturated heterocycles. The second-order valence-corrected chi connectivity index (χ2v) is 6.75. The van der Waals surface area contributed by atoms with Gasteiger partial charge in [0.2, 0.25) is 0 Å². The van der Waals surface area contributed by atoms with E-state index in [0.29, 0.717) is 11.7 Å². The normalized spacial score (nSPS) is 14.8. The highest BCUT2D eigenvalue weighted by Crippen LogP contribution is 2.33. The Morgan fingerprint density at radius 3 is 2.85 bits per heavy atom. The third-order valence-corrected chi connectivity index (χ3v) is 5.04. The summed E-state index contributed by atoms with van der Waals surface area (Å²) in [5, 5.41) is 22.8. The standard InChI is InChI=1S/C18H19N7O/c1-23-9-14(16(11-26)22-23)15-10-25-17(5-6-19-25)18(21-15)12-7-20-24(8-12)13-3-2-4-13/h5-10,13,26H,2-4,11H2,1H3. The largest absolute Gasteiger partial charge is 0.390 e. The monoisotopic (exact) mass is 349 g/mol. The van der Waals surface area contributed by atoms with Gasteiger partial charge in [-0.15, -0.1) is 0 Å². The maximum Gasteiger partial charge on any atom is 0.0999 e. The van der Waals surface area contributed by atoms with Crippen molar-refractivity contribution < 1.29 is 5.11 Å². The van der Waals surface area contributed by atoms with E-state index in [0.717, 1.165) is 28.0 Å². The van der Waals surface area contributed by atoms with Gasteiger partial charge in [0.05, 0.1) is 53.8 Å². The van der Waals surface area contributed by atoms with Crippen LogP contribution in [-0.4, -0.2) is 39.3 Å². The highest BCUT2D eigenvalue weighted by Gasteiger charge is 2.21. The highest BCUT2D eigenvalue weighted by molar-refractivity contribution is 5.78. The Bertz CT molecular complexity index is 1090. The number of hydrogen-bond acceptors (Lipinski definition) is 5. The van der Waals surface area contributed by atoms with Gasteiger partial charge in [0.1, 0.15) is 0 Å². The van der Waals surface area contributed by atoms with Crippen molar-refractivity contribution in [1.82, 2.24) is 34.2 Å². The van der Waals surface area contributed by atoms with E-state index in [2.05, 4.69) is 21.5 Å². The predicted molar refractivity (Wildman–Crippen MR) is 95.2 cm³/mol. The van der Waals surface area contributed by atoms with Crippen molar-refractivity contribution in [3.8, 4) is 22.5 Å². The Kier molecular flexibility index (Phi) is 3.39. The molecule has 26 heavy (non-hydrogen) atoms. The number of aliphatic hydroxyl groups is 1. The molecule has 8 nitrogen and oxygen atoms in total. The average molecular weight is 349 g/mol. The Morgan fingerprint density at radius 1 is 1.19 bits per heavy atom. The summed E-state index contributed by atoms with van der Waals surface area (Å²) in [5.41, 5.74) is 4.86. The van der Waals surface area contributed by atoms with Crippen LogP contribution in [0.5, 0.6) is 0 Å². The van der Waals surface area contributed by atoms with E-state index in [1.54, 1.807) is 10.9 Å². The van der Waals surface area contributed by atoms with Crippen LogP contribution in [0, 0.1) is 0 Å². The first kappa shape index (κ1) is 15.3. The second kappa shape index (κ2) is 5.77. The van der Waals surface area contributed by atoms with Crippen molar-refractivity contribution in [2.75, 3.05) is 0 Å². The van der Waals surface area contributed by atoms with E-state index in [1.807, 2.05) is 40.9 Å². The van der Waals surface area contributed by atoms with E-state index in [4.69, 9.17) is 4.98 Å². The molecule has 1 saturated carbocycles. The van der Waals surface area contributed by atoms with E-state index in [1.165, 1.54) is 19.3 Å². The number of aliphatic hydroxyl groups excluding tert-OH is 1. The summed E-state index contributed by atoms with van der Waals surface area (Å²) in [4.78, 5) is 4.87. The number of hydrogen-bond donors (Lipinski definition) is 1. The molecule has 1 N–H and O–H groups in total. The van der Waals surface area contributed by atoms with E-state index >= 15 is 0 Å². The number of aromatic nitrogens is 7. The third-order valence-electron chi connectivity index (χ3n) is 5.04. The van der Waals surface area contributed by atoms with Crippen molar-refractivity contribution >= 4 is 5.52 Å². The van der Waals surface area contributed by atoms with Crippen LogP contribution >= 0.6 is 0 Å². The molecule has 0 aliphatic heterocycles. The lowest BCUT2D eigenvalue weighted by Gasteiger charge is -2.25. The maximum atomic E-state index is 9.61. The summed E-state index contributed by atoms with van der Waals surface area (Å²) in [6, 6.07) is 2.45. The zero-order valence-corrected chi connectivity index (χ0v) is 14.4. The molecule has 0 unspecified atom stereocenters. The van der Waals surface area contributed by atoms with Gasteiger partial charge in [-0.05, 0) is 25.3 Å². The molecular weight excluding hydrogens is 330 g/mol. The fourth-order valence-electron chi connectivity index (χ4n) is 3.45. The Balaban J connectivity index is 1.67. The zero-order chi connectivity index (χ0) is 17.7. The maximum absolute atomic E-state index is 9.61. The number of fused-ring (bicyclic) bond motifs is 1. The molecule has 0 spiro atoms. The van der Waals surface area contributed by atoms with Gasteiger partial charge in [0.25, 0.3) is 0 Å². The lowest BCUT2D eigenvalue weighted by molar-refractivity contribution is 0.276. The van der Waals surface area contributed by atoms with Crippen LogP contribution in [0.15, 0.2) is 37.1 Å². The molecule has 132 valence electrons. The van der Waals surface area contributed by atoms with Crippen molar-refractivity contribution in [3.05, 3.63) is 42.7 Å². The SMILES string of the molecule is Cn1cc(-c2cn3nccc3c(-c3cnn(C4CCC4)c3)n2)c(CO)n1. The molecule has 5 rings (SSSR count). The molecule has 8 heteroatoms. The van der Waals surface area contributed by atoms with Gasteiger partial charge in [0.15, 0.2) is 0 Å². The first-order valence-corrected chi connectivity index (χ1v) is 8.75. The van der Waals surface area contributed by atoms with Gasteiger partial charge >= 0.3 is 0 Å².